The van der Waals surface area contributed by atoms with Gasteiger partial charge >= 0.3 is 5.97 Å². The minimum Gasteiger partial charge on any atom is -0.469 e. The van der Waals surface area contributed by atoms with Crippen molar-refractivity contribution < 1.29 is 9.53 Å². The molecule has 0 aliphatic carbocycles. The number of benzene rings is 2. The predicted octanol–water partition coefficient (Wildman–Crippen LogP) is 4.24. The van der Waals surface area contributed by atoms with E-state index < -0.39 is 0 Å². The maximum Gasteiger partial charge on any atom is 0.308 e. The molecule has 21 heavy (non-hydrogen) atoms. The molecule has 0 radical (unpaired) electrons. The first-order valence-corrected chi connectivity index (χ1v) is 7.01. The number of fused-ring (bicyclic) bond motifs is 1. The van der Waals surface area contributed by atoms with Crippen molar-refractivity contribution in [1.29, 1.82) is 5.41 Å². The van der Waals surface area contributed by atoms with E-state index in [0.717, 1.165) is 6.42 Å². The summed E-state index contributed by atoms with van der Waals surface area (Å²) in [7, 11) is 1.43. The number of carbonyl (C=O) groups is 1. The molecular formula is C18H23NO2. The van der Waals surface area contributed by atoms with Crippen LogP contribution in [0.1, 0.15) is 26.3 Å². The third kappa shape index (κ3) is 5.78. The van der Waals surface area contributed by atoms with E-state index in [2.05, 4.69) is 30.3 Å². The number of carbonyl (C=O) groups excluding carboxylic acids is 1. The van der Waals surface area contributed by atoms with E-state index in [4.69, 9.17) is 10.1 Å². The van der Waals surface area contributed by atoms with Crippen molar-refractivity contribution in [3.05, 3.63) is 48.0 Å². The average Bonchev–Trinajstić information content (AvgIpc) is 2.45. The normalized spacial score (nSPS) is 11.2. The fourth-order valence-electron chi connectivity index (χ4n) is 2.00. The van der Waals surface area contributed by atoms with Gasteiger partial charge in [0.05, 0.1) is 13.0 Å². The van der Waals surface area contributed by atoms with Gasteiger partial charge in [0.2, 0.25) is 0 Å². The Balaban J connectivity index is 0.000000491. The van der Waals surface area contributed by atoms with Crippen molar-refractivity contribution in [2.24, 2.45) is 5.92 Å². The van der Waals surface area contributed by atoms with Crippen molar-refractivity contribution in [1.82, 2.24) is 0 Å². The van der Waals surface area contributed by atoms with E-state index in [1.807, 2.05) is 19.1 Å². The molecule has 0 aliphatic heterocycles. The van der Waals surface area contributed by atoms with Crippen molar-refractivity contribution >= 4 is 22.5 Å². The molecule has 0 aromatic heterocycles. The van der Waals surface area contributed by atoms with Gasteiger partial charge in [-0.1, -0.05) is 49.4 Å². The van der Waals surface area contributed by atoms with Crippen LogP contribution >= 0.6 is 0 Å². The standard InChI is InChI=1S/C15H16O2.C3H7N/c1-11(15(16)17-2)9-12-7-8-13-5-3-4-6-14(13)10-12;1-3(2)4/h3-8,10-11H,9H2,1-2H3;4H,1-2H3. The summed E-state index contributed by atoms with van der Waals surface area (Å²) >= 11 is 0. The lowest BCUT2D eigenvalue weighted by Crippen LogP contribution is -2.14. The van der Waals surface area contributed by atoms with Gasteiger partial charge in [0.15, 0.2) is 0 Å². The molecule has 0 saturated heterocycles. The summed E-state index contributed by atoms with van der Waals surface area (Å²) in [6, 6.07) is 14.5. The lowest BCUT2D eigenvalue weighted by Gasteiger charge is -2.09. The number of hydrogen-bond donors (Lipinski definition) is 1. The van der Waals surface area contributed by atoms with Crippen LogP contribution in [-0.2, 0) is 16.0 Å². The van der Waals surface area contributed by atoms with Crippen LogP contribution < -0.4 is 0 Å². The molecule has 3 heteroatoms. The molecule has 2 aromatic carbocycles. The second kappa shape index (κ2) is 8.20. The summed E-state index contributed by atoms with van der Waals surface area (Å²) in [6.07, 6.45) is 0.720. The van der Waals surface area contributed by atoms with Gasteiger partial charge in [-0.25, -0.2) is 0 Å². The molecule has 1 unspecified atom stereocenters. The molecule has 1 atom stereocenters. The number of methoxy groups -OCH3 is 1. The molecule has 3 nitrogen and oxygen atoms in total. The van der Waals surface area contributed by atoms with Gasteiger partial charge in [0, 0.05) is 5.71 Å². The predicted molar refractivity (Wildman–Crippen MR) is 87.9 cm³/mol. The minimum atomic E-state index is -0.154. The lowest BCUT2D eigenvalue weighted by atomic mass is 9.98. The van der Waals surface area contributed by atoms with E-state index in [1.165, 1.54) is 23.4 Å². The van der Waals surface area contributed by atoms with Crippen LogP contribution in [0.25, 0.3) is 10.8 Å². The Hall–Kier alpha value is -2.16. The van der Waals surface area contributed by atoms with E-state index in [1.54, 1.807) is 13.8 Å². The highest BCUT2D eigenvalue weighted by Gasteiger charge is 2.13. The Labute approximate surface area is 126 Å². The Kier molecular flexibility index (Phi) is 6.60. The fraction of sp³-hybridized carbons (Fsp3) is 0.333. The van der Waals surface area contributed by atoms with E-state index >= 15 is 0 Å². The first-order chi connectivity index (χ1) is 9.93. The van der Waals surface area contributed by atoms with Gasteiger partial charge in [0.25, 0.3) is 0 Å². The molecule has 0 amide bonds. The number of rotatable bonds is 3. The molecule has 0 bridgehead atoms. The van der Waals surface area contributed by atoms with Crippen LogP contribution in [0.5, 0.6) is 0 Å². The van der Waals surface area contributed by atoms with E-state index in [0.29, 0.717) is 5.71 Å². The molecule has 0 fully saturated rings. The molecule has 0 heterocycles. The highest BCUT2D eigenvalue weighted by atomic mass is 16.5. The van der Waals surface area contributed by atoms with Crippen molar-refractivity contribution in [2.45, 2.75) is 27.2 Å². The largest absolute Gasteiger partial charge is 0.469 e. The zero-order valence-electron chi connectivity index (χ0n) is 13.1. The molecule has 112 valence electrons. The summed E-state index contributed by atoms with van der Waals surface area (Å²) in [6.45, 7) is 5.39. The van der Waals surface area contributed by atoms with Gasteiger partial charge in [-0.15, -0.1) is 0 Å². The summed E-state index contributed by atoms with van der Waals surface area (Å²) in [4.78, 5) is 11.4. The SMILES string of the molecule is CC(C)=N.COC(=O)C(C)Cc1ccc2ccccc2c1. The highest BCUT2D eigenvalue weighted by Crippen LogP contribution is 2.18. The molecular weight excluding hydrogens is 262 g/mol. The van der Waals surface area contributed by atoms with Crippen LogP contribution in [0.3, 0.4) is 0 Å². The number of nitrogens with one attached hydrogen (secondary N) is 1. The lowest BCUT2D eigenvalue weighted by molar-refractivity contribution is -0.144. The van der Waals surface area contributed by atoms with Gasteiger partial charge in [0.1, 0.15) is 0 Å². The van der Waals surface area contributed by atoms with Crippen LogP contribution in [0.4, 0.5) is 0 Å². The fourth-order valence-corrected chi connectivity index (χ4v) is 2.00. The molecule has 0 aliphatic rings. The number of esters is 1. The first kappa shape index (κ1) is 16.9. The van der Waals surface area contributed by atoms with Gasteiger partial charge in [-0.3, -0.25) is 4.79 Å². The van der Waals surface area contributed by atoms with Crippen molar-refractivity contribution in [3.63, 3.8) is 0 Å². The average molecular weight is 285 g/mol. The smallest absolute Gasteiger partial charge is 0.308 e. The Morgan fingerprint density at radius 1 is 1.14 bits per heavy atom. The minimum absolute atomic E-state index is 0.0961. The topological polar surface area (TPSA) is 50.1 Å². The second-order valence-corrected chi connectivity index (χ2v) is 5.31. The van der Waals surface area contributed by atoms with Gasteiger partial charge in [-0.05, 0) is 36.6 Å². The van der Waals surface area contributed by atoms with Gasteiger partial charge in [-0.2, -0.15) is 0 Å². The first-order valence-electron chi connectivity index (χ1n) is 7.01. The molecule has 0 spiro atoms. The van der Waals surface area contributed by atoms with Crippen LogP contribution in [-0.4, -0.2) is 18.8 Å². The zero-order chi connectivity index (χ0) is 15.8. The van der Waals surface area contributed by atoms with Gasteiger partial charge < -0.3 is 10.1 Å². The summed E-state index contributed by atoms with van der Waals surface area (Å²) in [5.74, 6) is -0.251. The quantitative estimate of drug-likeness (QED) is 0.677. The maximum atomic E-state index is 11.4. The van der Waals surface area contributed by atoms with Crippen molar-refractivity contribution in [2.75, 3.05) is 7.11 Å². The Bertz CT molecular complexity index is 615. The highest BCUT2D eigenvalue weighted by molar-refractivity contribution is 5.83. The van der Waals surface area contributed by atoms with Crippen LogP contribution in [0.15, 0.2) is 42.5 Å². The van der Waals surface area contributed by atoms with E-state index in [9.17, 15) is 4.79 Å². The third-order valence-corrected chi connectivity index (χ3v) is 2.96. The van der Waals surface area contributed by atoms with E-state index in [-0.39, 0.29) is 11.9 Å². The second-order valence-electron chi connectivity index (χ2n) is 5.31. The molecule has 2 rings (SSSR count). The summed E-state index contributed by atoms with van der Waals surface area (Å²) in [5, 5.41) is 8.93. The maximum absolute atomic E-state index is 11.4. The zero-order valence-corrected chi connectivity index (χ0v) is 13.1. The molecule has 0 saturated carbocycles. The summed E-state index contributed by atoms with van der Waals surface area (Å²) < 4.78 is 4.73. The Morgan fingerprint density at radius 3 is 2.29 bits per heavy atom. The molecule has 2 aromatic rings. The number of hydrogen-bond acceptors (Lipinski definition) is 3. The van der Waals surface area contributed by atoms with Crippen LogP contribution in [0.2, 0.25) is 0 Å². The summed E-state index contributed by atoms with van der Waals surface area (Å²) in [5.41, 5.74) is 1.83. The monoisotopic (exact) mass is 285 g/mol. The van der Waals surface area contributed by atoms with Crippen molar-refractivity contribution in [3.8, 4) is 0 Å². The third-order valence-electron chi connectivity index (χ3n) is 2.96. The number of ether oxygens (including phenoxy) is 1. The molecule has 1 N–H and O–H groups in total. The van der Waals surface area contributed by atoms with Crippen LogP contribution in [0, 0.1) is 11.3 Å². The Morgan fingerprint density at radius 2 is 1.71 bits per heavy atom.